The van der Waals surface area contributed by atoms with Crippen molar-refractivity contribution in [2.24, 2.45) is 0 Å². The molecule has 1 unspecified atom stereocenters. The fraction of sp³-hybridized carbons (Fsp3) is 0.533. The van der Waals surface area contributed by atoms with Gasteiger partial charge in [0.2, 0.25) is 0 Å². The van der Waals surface area contributed by atoms with Crippen LogP contribution in [0.4, 0.5) is 0 Å². The van der Waals surface area contributed by atoms with Gasteiger partial charge in [0.05, 0.1) is 12.1 Å². The maximum atomic E-state index is 11.1. The van der Waals surface area contributed by atoms with Crippen LogP contribution in [0.2, 0.25) is 0 Å². The second-order valence-electron chi connectivity index (χ2n) is 5.39. The van der Waals surface area contributed by atoms with E-state index in [4.69, 9.17) is 5.11 Å². The van der Waals surface area contributed by atoms with Crippen molar-refractivity contribution in [2.45, 2.75) is 44.7 Å². The van der Waals surface area contributed by atoms with Crippen molar-refractivity contribution < 1.29 is 20.1 Å². The molecule has 1 aliphatic rings. The number of aromatic hydroxyl groups is 2. The summed E-state index contributed by atoms with van der Waals surface area (Å²) in [6.45, 7) is 1.75. The fourth-order valence-electron chi connectivity index (χ4n) is 3.11. The number of carboxylic acids is 1. The Morgan fingerprint density at radius 3 is 2.35 bits per heavy atom. The summed E-state index contributed by atoms with van der Waals surface area (Å²) in [7, 11) is 0. The lowest BCUT2D eigenvalue weighted by molar-refractivity contribution is -0.139. The van der Waals surface area contributed by atoms with E-state index in [0.717, 1.165) is 25.7 Å². The van der Waals surface area contributed by atoms with E-state index in [1.165, 1.54) is 12.1 Å². The number of phenolic OH excluding ortho intramolecular Hbond substituents is 2. The molecule has 0 aliphatic heterocycles. The van der Waals surface area contributed by atoms with Crippen LogP contribution >= 0.6 is 0 Å². The number of hydrogen-bond acceptors (Lipinski definition) is 4. The maximum Gasteiger partial charge on any atom is 0.317 e. The molecular formula is C15H21NO4. The summed E-state index contributed by atoms with van der Waals surface area (Å²) in [5.41, 5.74) is 0.403. The summed E-state index contributed by atoms with van der Waals surface area (Å²) in [5.74, 6) is -0.879. The van der Waals surface area contributed by atoms with Crippen LogP contribution in [0.15, 0.2) is 18.2 Å². The zero-order valence-corrected chi connectivity index (χ0v) is 11.6. The van der Waals surface area contributed by atoms with Gasteiger partial charge >= 0.3 is 5.97 Å². The van der Waals surface area contributed by atoms with Crippen LogP contribution in [0.1, 0.15) is 44.2 Å². The standard InChI is InChI=1S/C15H21NO4/c1-10(15-12(17)7-4-8-13(15)18)16(9-14(19)20)11-5-2-3-6-11/h4,7-8,10-11,17-18H,2-3,5-6,9H2,1H3,(H,19,20). The van der Waals surface area contributed by atoms with Crippen molar-refractivity contribution in [1.29, 1.82) is 0 Å². The molecule has 0 aromatic heterocycles. The highest BCUT2D eigenvalue weighted by Gasteiger charge is 2.31. The molecule has 1 saturated carbocycles. The second-order valence-corrected chi connectivity index (χ2v) is 5.39. The number of rotatable bonds is 5. The second kappa shape index (κ2) is 6.13. The first-order valence-electron chi connectivity index (χ1n) is 6.99. The largest absolute Gasteiger partial charge is 0.507 e. The van der Waals surface area contributed by atoms with E-state index in [0.29, 0.717) is 5.56 Å². The van der Waals surface area contributed by atoms with Gasteiger partial charge in [0.1, 0.15) is 11.5 Å². The van der Waals surface area contributed by atoms with Gasteiger partial charge in [0, 0.05) is 12.1 Å². The number of carboxylic acid groups (broad SMARTS) is 1. The number of hydrogen-bond donors (Lipinski definition) is 3. The average molecular weight is 279 g/mol. The first-order chi connectivity index (χ1) is 9.50. The highest BCUT2D eigenvalue weighted by Crippen LogP contribution is 2.38. The lowest BCUT2D eigenvalue weighted by atomic mass is 10.0. The summed E-state index contributed by atoms with van der Waals surface area (Å²) in [6, 6.07) is 4.45. The minimum absolute atomic E-state index is 0.00545. The van der Waals surface area contributed by atoms with E-state index in [1.807, 2.05) is 11.8 Å². The Kier molecular flexibility index (Phi) is 4.49. The zero-order valence-electron chi connectivity index (χ0n) is 11.6. The minimum atomic E-state index is -0.890. The average Bonchev–Trinajstić information content (AvgIpc) is 2.88. The van der Waals surface area contributed by atoms with Crippen LogP contribution in [0.5, 0.6) is 11.5 Å². The number of phenols is 2. The maximum absolute atomic E-state index is 11.1. The first-order valence-corrected chi connectivity index (χ1v) is 6.99. The zero-order chi connectivity index (χ0) is 14.7. The lowest BCUT2D eigenvalue weighted by Gasteiger charge is -2.33. The molecule has 1 aromatic carbocycles. The quantitative estimate of drug-likeness (QED) is 0.771. The van der Waals surface area contributed by atoms with E-state index in [-0.39, 0.29) is 30.1 Å². The third-order valence-corrected chi connectivity index (χ3v) is 4.09. The Labute approximate surface area is 118 Å². The molecule has 0 spiro atoms. The van der Waals surface area contributed by atoms with Crippen molar-refractivity contribution in [3.05, 3.63) is 23.8 Å². The number of carbonyl (C=O) groups is 1. The van der Waals surface area contributed by atoms with Crippen LogP contribution in [-0.2, 0) is 4.79 Å². The van der Waals surface area contributed by atoms with E-state index in [1.54, 1.807) is 6.07 Å². The molecule has 5 nitrogen and oxygen atoms in total. The Bertz CT molecular complexity index is 463. The van der Waals surface area contributed by atoms with Crippen LogP contribution < -0.4 is 0 Å². The van der Waals surface area contributed by atoms with E-state index in [9.17, 15) is 15.0 Å². The molecule has 1 atom stereocenters. The van der Waals surface area contributed by atoms with Crippen LogP contribution in [0.3, 0.4) is 0 Å². The molecule has 0 amide bonds. The van der Waals surface area contributed by atoms with Crippen LogP contribution in [0.25, 0.3) is 0 Å². The van der Waals surface area contributed by atoms with Gasteiger partial charge in [-0.15, -0.1) is 0 Å². The molecule has 110 valence electrons. The SMILES string of the molecule is CC(c1c(O)cccc1O)N(CC(=O)O)C1CCCC1. The van der Waals surface area contributed by atoms with E-state index >= 15 is 0 Å². The molecule has 5 heteroatoms. The Morgan fingerprint density at radius 1 is 1.30 bits per heavy atom. The predicted octanol–water partition coefficient (Wildman–Crippen LogP) is 2.49. The predicted molar refractivity (Wildman–Crippen MR) is 74.8 cm³/mol. The molecule has 1 fully saturated rings. The van der Waals surface area contributed by atoms with Gasteiger partial charge in [-0.05, 0) is 31.9 Å². The fourth-order valence-corrected chi connectivity index (χ4v) is 3.11. The topological polar surface area (TPSA) is 81.0 Å². The van der Waals surface area contributed by atoms with Gasteiger partial charge < -0.3 is 15.3 Å². The minimum Gasteiger partial charge on any atom is -0.507 e. The summed E-state index contributed by atoms with van der Waals surface area (Å²) in [6.07, 6.45) is 4.12. The van der Waals surface area contributed by atoms with Crippen molar-refractivity contribution in [3.8, 4) is 11.5 Å². The lowest BCUT2D eigenvalue weighted by Crippen LogP contribution is -2.39. The smallest absolute Gasteiger partial charge is 0.317 e. The summed E-state index contributed by atoms with van der Waals surface area (Å²) in [4.78, 5) is 13.0. The van der Waals surface area contributed by atoms with E-state index in [2.05, 4.69) is 0 Å². The van der Waals surface area contributed by atoms with Crippen molar-refractivity contribution >= 4 is 5.97 Å². The van der Waals surface area contributed by atoms with Crippen LogP contribution in [-0.4, -0.2) is 38.8 Å². The summed E-state index contributed by atoms with van der Waals surface area (Å²) >= 11 is 0. The van der Waals surface area contributed by atoms with Gasteiger partial charge in [-0.1, -0.05) is 18.9 Å². The molecule has 0 heterocycles. The highest BCUT2D eigenvalue weighted by molar-refractivity contribution is 5.69. The molecule has 2 rings (SSSR count). The van der Waals surface area contributed by atoms with E-state index < -0.39 is 5.97 Å². The van der Waals surface area contributed by atoms with Gasteiger partial charge in [-0.3, -0.25) is 9.69 Å². The Hall–Kier alpha value is -1.75. The van der Waals surface area contributed by atoms with Crippen molar-refractivity contribution in [3.63, 3.8) is 0 Å². The molecule has 1 aromatic rings. The third-order valence-electron chi connectivity index (χ3n) is 4.09. The number of aliphatic carboxylic acids is 1. The molecule has 3 N–H and O–H groups in total. The molecule has 20 heavy (non-hydrogen) atoms. The summed E-state index contributed by atoms with van der Waals surface area (Å²) < 4.78 is 0. The van der Waals surface area contributed by atoms with Crippen molar-refractivity contribution in [1.82, 2.24) is 4.90 Å². The monoisotopic (exact) mass is 279 g/mol. The molecular weight excluding hydrogens is 258 g/mol. The van der Waals surface area contributed by atoms with Crippen LogP contribution in [0, 0.1) is 0 Å². The highest BCUT2D eigenvalue weighted by atomic mass is 16.4. The van der Waals surface area contributed by atoms with Gasteiger partial charge in [0.15, 0.2) is 0 Å². The number of benzene rings is 1. The molecule has 0 saturated heterocycles. The van der Waals surface area contributed by atoms with Gasteiger partial charge in [-0.25, -0.2) is 0 Å². The molecule has 0 bridgehead atoms. The van der Waals surface area contributed by atoms with Gasteiger partial charge in [-0.2, -0.15) is 0 Å². The summed E-state index contributed by atoms with van der Waals surface area (Å²) in [5, 5.41) is 29.0. The third kappa shape index (κ3) is 3.04. The number of nitrogens with zero attached hydrogens (tertiary/aromatic N) is 1. The molecule has 1 aliphatic carbocycles. The molecule has 0 radical (unpaired) electrons. The van der Waals surface area contributed by atoms with Crippen molar-refractivity contribution in [2.75, 3.05) is 6.54 Å². The normalized spacial score (nSPS) is 17.5. The van der Waals surface area contributed by atoms with Gasteiger partial charge in [0.25, 0.3) is 0 Å². The Morgan fingerprint density at radius 2 is 1.85 bits per heavy atom. The first kappa shape index (κ1) is 14.7. The Balaban J connectivity index is 2.29.